The second-order valence-corrected chi connectivity index (χ2v) is 5.96. The van der Waals surface area contributed by atoms with Crippen LogP contribution in [0.2, 0.25) is 0 Å². The summed E-state index contributed by atoms with van der Waals surface area (Å²) in [4.78, 5) is 4.32. The largest absolute Gasteiger partial charge is 0.330 e. The summed E-state index contributed by atoms with van der Waals surface area (Å²) in [6.07, 6.45) is 3.84. The SMILES string of the molecule is NCC(Cc1cccc(Br)c1)Cc1nccs1. The number of rotatable bonds is 5. The van der Waals surface area contributed by atoms with Gasteiger partial charge in [-0.25, -0.2) is 4.98 Å². The molecule has 0 aliphatic heterocycles. The summed E-state index contributed by atoms with van der Waals surface area (Å²) in [6, 6.07) is 8.41. The minimum Gasteiger partial charge on any atom is -0.330 e. The lowest BCUT2D eigenvalue weighted by molar-refractivity contribution is 0.532. The van der Waals surface area contributed by atoms with Crippen LogP contribution >= 0.6 is 27.3 Å². The first kappa shape index (κ1) is 12.7. The van der Waals surface area contributed by atoms with Crippen LogP contribution in [0.5, 0.6) is 0 Å². The third kappa shape index (κ3) is 3.91. The molecule has 0 fully saturated rings. The van der Waals surface area contributed by atoms with Gasteiger partial charge >= 0.3 is 0 Å². The molecule has 2 aromatic rings. The number of benzene rings is 1. The van der Waals surface area contributed by atoms with Crippen LogP contribution in [0.3, 0.4) is 0 Å². The van der Waals surface area contributed by atoms with E-state index in [9.17, 15) is 0 Å². The van der Waals surface area contributed by atoms with Gasteiger partial charge in [0, 0.05) is 22.5 Å². The van der Waals surface area contributed by atoms with E-state index in [1.54, 1.807) is 11.3 Å². The molecule has 0 amide bonds. The molecule has 2 nitrogen and oxygen atoms in total. The zero-order valence-corrected chi connectivity index (χ0v) is 11.9. The molecule has 0 aliphatic rings. The molecule has 0 aliphatic carbocycles. The van der Waals surface area contributed by atoms with E-state index in [2.05, 4.69) is 39.1 Å². The molecule has 1 heterocycles. The van der Waals surface area contributed by atoms with E-state index in [-0.39, 0.29) is 0 Å². The molecule has 1 aromatic heterocycles. The van der Waals surface area contributed by atoms with E-state index in [4.69, 9.17) is 5.73 Å². The van der Waals surface area contributed by atoms with Crippen molar-refractivity contribution in [3.8, 4) is 0 Å². The maximum Gasteiger partial charge on any atom is 0.0928 e. The second kappa shape index (κ2) is 6.28. The Morgan fingerprint density at radius 1 is 1.35 bits per heavy atom. The number of hydrogen-bond donors (Lipinski definition) is 1. The molecule has 1 aromatic carbocycles. The Morgan fingerprint density at radius 3 is 2.88 bits per heavy atom. The van der Waals surface area contributed by atoms with Crippen LogP contribution in [-0.2, 0) is 12.8 Å². The molecule has 0 saturated heterocycles. The highest BCUT2D eigenvalue weighted by atomic mass is 79.9. The lowest BCUT2D eigenvalue weighted by atomic mass is 9.97. The van der Waals surface area contributed by atoms with E-state index in [0.29, 0.717) is 12.5 Å². The molecule has 0 saturated carbocycles. The van der Waals surface area contributed by atoms with Gasteiger partial charge in [0.15, 0.2) is 0 Å². The molecular weight excluding hydrogens is 296 g/mol. The van der Waals surface area contributed by atoms with Crippen LogP contribution in [-0.4, -0.2) is 11.5 Å². The summed E-state index contributed by atoms with van der Waals surface area (Å²) in [5.41, 5.74) is 7.17. The van der Waals surface area contributed by atoms with Gasteiger partial charge in [-0.3, -0.25) is 0 Å². The quantitative estimate of drug-likeness (QED) is 0.920. The van der Waals surface area contributed by atoms with Crippen LogP contribution in [0.4, 0.5) is 0 Å². The van der Waals surface area contributed by atoms with Crippen LogP contribution in [0, 0.1) is 5.92 Å². The van der Waals surface area contributed by atoms with Crippen LogP contribution in [0.1, 0.15) is 10.6 Å². The van der Waals surface area contributed by atoms with Crippen molar-refractivity contribution in [1.29, 1.82) is 0 Å². The monoisotopic (exact) mass is 310 g/mol. The maximum absolute atomic E-state index is 5.84. The third-order valence-electron chi connectivity index (χ3n) is 2.69. The van der Waals surface area contributed by atoms with Crippen LogP contribution in [0.15, 0.2) is 40.3 Å². The number of thiazole rings is 1. The molecule has 4 heteroatoms. The van der Waals surface area contributed by atoms with E-state index in [0.717, 1.165) is 17.3 Å². The van der Waals surface area contributed by atoms with Gasteiger partial charge in [0.2, 0.25) is 0 Å². The maximum atomic E-state index is 5.84. The van der Waals surface area contributed by atoms with Crippen LogP contribution < -0.4 is 5.73 Å². The van der Waals surface area contributed by atoms with Crippen molar-refractivity contribution in [2.45, 2.75) is 12.8 Å². The average Bonchev–Trinajstić information content (AvgIpc) is 2.81. The molecule has 1 unspecified atom stereocenters. The summed E-state index contributed by atoms with van der Waals surface area (Å²) >= 11 is 5.20. The fraction of sp³-hybridized carbons (Fsp3) is 0.308. The second-order valence-electron chi connectivity index (χ2n) is 4.07. The van der Waals surface area contributed by atoms with Gasteiger partial charge < -0.3 is 5.73 Å². The van der Waals surface area contributed by atoms with E-state index < -0.39 is 0 Å². The van der Waals surface area contributed by atoms with Crippen molar-refractivity contribution in [3.05, 3.63) is 50.9 Å². The lowest BCUT2D eigenvalue weighted by Crippen LogP contribution is -2.19. The van der Waals surface area contributed by atoms with E-state index in [1.807, 2.05) is 17.6 Å². The van der Waals surface area contributed by atoms with E-state index in [1.165, 1.54) is 10.6 Å². The van der Waals surface area contributed by atoms with Gasteiger partial charge in [-0.15, -0.1) is 11.3 Å². The Labute approximate surface area is 114 Å². The highest BCUT2D eigenvalue weighted by Crippen LogP contribution is 2.18. The molecule has 2 rings (SSSR count). The summed E-state index contributed by atoms with van der Waals surface area (Å²) in [5, 5.41) is 3.19. The average molecular weight is 311 g/mol. The van der Waals surface area contributed by atoms with Gasteiger partial charge in [-0.05, 0) is 36.6 Å². The van der Waals surface area contributed by atoms with Gasteiger partial charge in [0.25, 0.3) is 0 Å². The van der Waals surface area contributed by atoms with Crippen molar-refractivity contribution < 1.29 is 0 Å². The number of aromatic nitrogens is 1. The Kier molecular flexibility index (Phi) is 4.71. The Hall–Kier alpha value is -0.710. The van der Waals surface area contributed by atoms with Crippen molar-refractivity contribution in [1.82, 2.24) is 4.98 Å². The Morgan fingerprint density at radius 2 is 2.24 bits per heavy atom. The molecule has 0 spiro atoms. The van der Waals surface area contributed by atoms with Crippen LogP contribution in [0.25, 0.3) is 0 Å². The number of nitrogens with two attached hydrogens (primary N) is 1. The number of hydrogen-bond acceptors (Lipinski definition) is 3. The zero-order valence-electron chi connectivity index (χ0n) is 9.47. The fourth-order valence-corrected chi connectivity index (χ4v) is 3.02. The minimum atomic E-state index is 0.468. The number of nitrogens with zero attached hydrogens (tertiary/aromatic N) is 1. The summed E-state index contributed by atoms with van der Waals surface area (Å²) in [7, 11) is 0. The van der Waals surface area contributed by atoms with Gasteiger partial charge in [-0.1, -0.05) is 28.1 Å². The highest BCUT2D eigenvalue weighted by molar-refractivity contribution is 9.10. The first-order valence-electron chi connectivity index (χ1n) is 5.61. The Balaban J connectivity index is 2.00. The normalized spacial score (nSPS) is 12.6. The van der Waals surface area contributed by atoms with Crippen molar-refractivity contribution in [3.63, 3.8) is 0 Å². The van der Waals surface area contributed by atoms with Crippen molar-refractivity contribution in [2.24, 2.45) is 11.7 Å². The van der Waals surface area contributed by atoms with Gasteiger partial charge in [0.1, 0.15) is 0 Å². The standard InChI is InChI=1S/C13H15BrN2S/c14-12-3-1-2-10(7-12)6-11(9-15)8-13-16-4-5-17-13/h1-5,7,11H,6,8-9,15H2. The smallest absolute Gasteiger partial charge is 0.0928 e. The Bertz CT molecular complexity index is 456. The van der Waals surface area contributed by atoms with E-state index >= 15 is 0 Å². The first-order chi connectivity index (χ1) is 8.28. The van der Waals surface area contributed by atoms with Gasteiger partial charge in [0.05, 0.1) is 5.01 Å². The van der Waals surface area contributed by atoms with Gasteiger partial charge in [-0.2, -0.15) is 0 Å². The van der Waals surface area contributed by atoms with Crippen molar-refractivity contribution >= 4 is 27.3 Å². The zero-order chi connectivity index (χ0) is 12.1. The molecule has 1 atom stereocenters. The summed E-state index contributed by atoms with van der Waals surface area (Å²) in [5.74, 6) is 0.468. The van der Waals surface area contributed by atoms with Crippen molar-refractivity contribution in [2.75, 3.05) is 6.54 Å². The first-order valence-corrected chi connectivity index (χ1v) is 7.28. The topological polar surface area (TPSA) is 38.9 Å². The summed E-state index contributed by atoms with van der Waals surface area (Å²) < 4.78 is 1.13. The summed E-state index contributed by atoms with van der Waals surface area (Å²) in [6.45, 7) is 0.700. The highest BCUT2D eigenvalue weighted by Gasteiger charge is 2.10. The molecule has 0 radical (unpaired) electrons. The molecule has 17 heavy (non-hydrogen) atoms. The predicted molar refractivity (Wildman–Crippen MR) is 76.2 cm³/mol. The third-order valence-corrected chi connectivity index (χ3v) is 3.99. The minimum absolute atomic E-state index is 0.468. The lowest BCUT2D eigenvalue weighted by Gasteiger charge is -2.13. The predicted octanol–water partition coefficient (Wildman–Crippen LogP) is 3.27. The molecule has 2 N–H and O–H groups in total. The molecule has 90 valence electrons. The molecule has 0 bridgehead atoms. The number of halogens is 1. The molecular formula is C13H15BrN2S. The fourth-order valence-electron chi connectivity index (χ4n) is 1.84.